The second kappa shape index (κ2) is 5.38. The molecule has 0 bridgehead atoms. The molecule has 2 aromatic rings. The predicted molar refractivity (Wildman–Crippen MR) is 88.2 cm³/mol. The van der Waals surface area contributed by atoms with Crippen molar-refractivity contribution in [3.8, 4) is 0 Å². The van der Waals surface area contributed by atoms with Crippen LogP contribution >= 0.6 is 0 Å². The van der Waals surface area contributed by atoms with Crippen LogP contribution in [0.4, 0.5) is 5.69 Å². The van der Waals surface area contributed by atoms with Crippen LogP contribution < -0.4 is 4.90 Å². The summed E-state index contributed by atoms with van der Waals surface area (Å²) in [6, 6.07) is 14.7. The smallest absolute Gasteiger partial charge is 0.0912 e. The summed E-state index contributed by atoms with van der Waals surface area (Å²) in [5.74, 6) is 0. The van der Waals surface area contributed by atoms with E-state index in [4.69, 9.17) is 0 Å². The van der Waals surface area contributed by atoms with Crippen molar-refractivity contribution in [3.05, 3.63) is 70.4 Å². The van der Waals surface area contributed by atoms with E-state index in [1.807, 2.05) is 13.0 Å². The molecule has 0 spiro atoms. The first-order valence-corrected chi connectivity index (χ1v) is 7.39. The molecule has 0 saturated carbocycles. The number of hydrogen-bond acceptors (Lipinski definition) is 2. The molecule has 3 rings (SSSR count). The SMILES string of the molecule is Cc1ccccc1N1Cc2c(C)cccc2C=C1C(C)O. The number of para-hydroxylation sites is 1. The molecule has 0 saturated heterocycles. The van der Waals surface area contributed by atoms with Crippen LogP contribution in [-0.4, -0.2) is 11.2 Å². The maximum absolute atomic E-state index is 10.2. The lowest BCUT2D eigenvalue weighted by atomic mass is 9.95. The van der Waals surface area contributed by atoms with Crippen LogP contribution in [0.1, 0.15) is 29.2 Å². The van der Waals surface area contributed by atoms with Crippen molar-refractivity contribution in [2.45, 2.75) is 33.4 Å². The van der Waals surface area contributed by atoms with Crippen LogP contribution in [0, 0.1) is 13.8 Å². The number of aliphatic hydroxyl groups excluding tert-OH is 1. The Bertz CT molecular complexity index is 700. The number of fused-ring (bicyclic) bond motifs is 1. The quantitative estimate of drug-likeness (QED) is 0.896. The van der Waals surface area contributed by atoms with E-state index in [0.717, 1.165) is 12.2 Å². The van der Waals surface area contributed by atoms with Gasteiger partial charge in [0.2, 0.25) is 0 Å². The molecule has 0 aliphatic carbocycles. The number of hydrogen-bond donors (Lipinski definition) is 1. The monoisotopic (exact) mass is 279 g/mol. The molecule has 0 amide bonds. The molecule has 1 aliphatic heterocycles. The van der Waals surface area contributed by atoms with Gasteiger partial charge >= 0.3 is 0 Å². The zero-order valence-electron chi connectivity index (χ0n) is 12.8. The Morgan fingerprint density at radius 3 is 2.43 bits per heavy atom. The van der Waals surface area contributed by atoms with Gasteiger partial charge in [-0.3, -0.25) is 0 Å². The van der Waals surface area contributed by atoms with Crippen LogP contribution in [0.15, 0.2) is 48.2 Å². The van der Waals surface area contributed by atoms with E-state index in [2.05, 4.69) is 61.2 Å². The van der Waals surface area contributed by atoms with E-state index < -0.39 is 6.10 Å². The van der Waals surface area contributed by atoms with Crippen molar-refractivity contribution in [3.63, 3.8) is 0 Å². The first-order chi connectivity index (χ1) is 10.1. The van der Waals surface area contributed by atoms with Crippen molar-refractivity contribution < 1.29 is 5.11 Å². The summed E-state index contributed by atoms with van der Waals surface area (Å²) in [7, 11) is 0. The van der Waals surface area contributed by atoms with Crippen molar-refractivity contribution in [2.75, 3.05) is 4.90 Å². The summed E-state index contributed by atoms with van der Waals surface area (Å²) in [6.07, 6.45) is 1.63. The van der Waals surface area contributed by atoms with Crippen molar-refractivity contribution in [1.82, 2.24) is 0 Å². The number of benzene rings is 2. The Morgan fingerprint density at radius 2 is 1.71 bits per heavy atom. The molecule has 1 atom stereocenters. The second-order valence-electron chi connectivity index (χ2n) is 5.76. The van der Waals surface area contributed by atoms with Crippen LogP contribution in [-0.2, 0) is 6.54 Å². The Morgan fingerprint density at radius 1 is 1.00 bits per heavy atom. The Kier molecular flexibility index (Phi) is 3.56. The summed E-state index contributed by atoms with van der Waals surface area (Å²) < 4.78 is 0. The number of aliphatic hydroxyl groups is 1. The highest BCUT2D eigenvalue weighted by atomic mass is 16.3. The first kappa shape index (κ1) is 13.9. The van der Waals surface area contributed by atoms with Gasteiger partial charge in [0.15, 0.2) is 0 Å². The van der Waals surface area contributed by atoms with E-state index in [1.54, 1.807) is 0 Å². The van der Waals surface area contributed by atoms with Crippen LogP contribution in [0.25, 0.3) is 6.08 Å². The van der Waals surface area contributed by atoms with E-state index >= 15 is 0 Å². The zero-order valence-corrected chi connectivity index (χ0v) is 12.8. The summed E-state index contributed by atoms with van der Waals surface area (Å²) in [5.41, 5.74) is 7.20. The summed E-state index contributed by atoms with van der Waals surface area (Å²) >= 11 is 0. The van der Waals surface area contributed by atoms with Gasteiger partial charge in [-0.1, -0.05) is 36.4 Å². The minimum absolute atomic E-state index is 0.488. The Hall–Kier alpha value is -2.06. The third-order valence-electron chi connectivity index (χ3n) is 4.21. The van der Waals surface area contributed by atoms with E-state index in [1.165, 1.54) is 27.9 Å². The predicted octanol–water partition coefficient (Wildman–Crippen LogP) is 4.05. The van der Waals surface area contributed by atoms with E-state index in [-0.39, 0.29) is 0 Å². The third kappa shape index (κ3) is 2.47. The third-order valence-corrected chi connectivity index (χ3v) is 4.21. The summed E-state index contributed by atoms with van der Waals surface area (Å²) in [6.45, 7) is 6.90. The summed E-state index contributed by atoms with van der Waals surface area (Å²) in [5, 5.41) is 10.2. The van der Waals surface area contributed by atoms with Gasteiger partial charge in [-0.25, -0.2) is 0 Å². The molecule has 21 heavy (non-hydrogen) atoms. The molecule has 0 radical (unpaired) electrons. The standard InChI is InChI=1S/C19H21NO/c1-13-8-6-9-16-11-19(15(3)21)20(12-17(13)16)18-10-5-4-7-14(18)2/h4-11,15,21H,12H2,1-3H3. The van der Waals surface area contributed by atoms with Crippen molar-refractivity contribution in [1.29, 1.82) is 0 Å². The molecule has 2 heteroatoms. The van der Waals surface area contributed by atoms with Gasteiger partial charge in [0.25, 0.3) is 0 Å². The van der Waals surface area contributed by atoms with Gasteiger partial charge in [0.05, 0.1) is 6.10 Å². The largest absolute Gasteiger partial charge is 0.387 e. The fraction of sp³-hybridized carbons (Fsp3) is 0.263. The average Bonchev–Trinajstić information content (AvgIpc) is 2.47. The first-order valence-electron chi connectivity index (χ1n) is 7.39. The molecule has 1 unspecified atom stereocenters. The topological polar surface area (TPSA) is 23.5 Å². The number of anilines is 1. The molecule has 1 aliphatic rings. The fourth-order valence-electron chi connectivity index (χ4n) is 3.00. The number of aryl methyl sites for hydroxylation is 2. The van der Waals surface area contributed by atoms with Crippen LogP contribution in [0.5, 0.6) is 0 Å². The molecule has 2 aromatic carbocycles. The van der Waals surface area contributed by atoms with Crippen molar-refractivity contribution in [2.24, 2.45) is 0 Å². The van der Waals surface area contributed by atoms with E-state index in [9.17, 15) is 5.11 Å². The Labute approximate surface area is 126 Å². The molecule has 0 fully saturated rings. The minimum Gasteiger partial charge on any atom is -0.387 e. The lowest BCUT2D eigenvalue weighted by Crippen LogP contribution is -2.31. The lowest BCUT2D eigenvalue weighted by Gasteiger charge is -2.35. The zero-order chi connectivity index (χ0) is 15.0. The molecule has 1 heterocycles. The fourth-order valence-corrected chi connectivity index (χ4v) is 3.00. The van der Waals surface area contributed by atoms with Crippen LogP contribution in [0.3, 0.4) is 0 Å². The number of rotatable bonds is 2. The minimum atomic E-state index is -0.488. The molecule has 1 N–H and O–H groups in total. The molecule has 0 aromatic heterocycles. The molecular weight excluding hydrogens is 258 g/mol. The average molecular weight is 279 g/mol. The maximum Gasteiger partial charge on any atom is 0.0912 e. The summed E-state index contributed by atoms with van der Waals surface area (Å²) in [4.78, 5) is 2.23. The van der Waals surface area contributed by atoms with Crippen LogP contribution in [0.2, 0.25) is 0 Å². The lowest BCUT2D eigenvalue weighted by molar-refractivity contribution is 0.228. The maximum atomic E-state index is 10.2. The van der Waals surface area contributed by atoms with Crippen molar-refractivity contribution >= 4 is 11.8 Å². The van der Waals surface area contributed by atoms with Gasteiger partial charge in [0, 0.05) is 17.9 Å². The second-order valence-corrected chi connectivity index (χ2v) is 5.76. The Balaban J connectivity index is 2.14. The van der Waals surface area contributed by atoms with Gasteiger partial charge in [-0.2, -0.15) is 0 Å². The highest BCUT2D eigenvalue weighted by Crippen LogP contribution is 2.34. The van der Waals surface area contributed by atoms with Gasteiger partial charge < -0.3 is 10.0 Å². The molecular formula is C19H21NO. The van der Waals surface area contributed by atoms with Gasteiger partial charge in [-0.05, 0) is 55.2 Å². The number of nitrogens with zero attached hydrogens (tertiary/aromatic N) is 1. The molecule has 108 valence electrons. The highest BCUT2D eigenvalue weighted by molar-refractivity contribution is 5.71. The van der Waals surface area contributed by atoms with Gasteiger partial charge in [-0.15, -0.1) is 0 Å². The highest BCUT2D eigenvalue weighted by Gasteiger charge is 2.24. The molecule has 2 nitrogen and oxygen atoms in total. The van der Waals surface area contributed by atoms with E-state index in [0.29, 0.717) is 0 Å². The van der Waals surface area contributed by atoms with Gasteiger partial charge in [0.1, 0.15) is 0 Å². The normalized spacial score (nSPS) is 15.4.